The Hall–Kier alpha value is -4.07. The first kappa shape index (κ1) is 21.2. The summed E-state index contributed by atoms with van der Waals surface area (Å²) < 4.78 is 37.5. The van der Waals surface area contributed by atoms with Gasteiger partial charge in [0, 0.05) is 29.5 Å². The van der Waals surface area contributed by atoms with Crippen LogP contribution in [-0.2, 0) is 6.54 Å². The number of halogens is 2. The second-order valence-corrected chi connectivity index (χ2v) is 6.94. The van der Waals surface area contributed by atoms with E-state index in [0.29, 0.717) is 41.5 Å². The van der Waals surface area contributed by atoms with E-state index in [1.54, 1.807) is 24.3 Å². The summed E-state index contributed by atoms with van der Waals surface area (Å²) >= 11 is 0. The molecule has 0 saturated carbocycles. The molecule has 4 rings (SSSR count). The summed E-state index contributed by atoms with van der Waals surface area (Å²) in [6.07, 6.45) is 2.75. The van der Waals surface area contributed by atoms with Gasteiger partial charge in [-0.2, -0.15) is 0 Å². The molecule has 0 bridgehead atoms. The second-order valence-electron chi connectivity index (χ2n) is 6.94. The minimum Gasteiger partial charge on any atom is -0.506 e. The predicted molar refractivity (Wildman–Crippen MR) is 120 cm³/mol. The SMILES string of the molecule is O/C(=C\N=CNc1ccc2c(c1)OCCO2)c1ccccc1NCc1ccc(F)c(F)c1. The Morgan fingerprint density at radius 2 is 1.78 bits per heavy atom. The molecule has 1 heterocycles. The van der Waals surface area contributed by atoms with E-state index in [1.165, 1.54) is 18.6 Å². The monoisotopic (exact) mass is 437 g/mol. The maximum atomic E-state index is 13.4. The van der Waals surface area contributed by atoms with Crippen LogP contribution < -0.4 is 20.1 Å². The van der Waals surface area contributed by atoms with Gasteiger partial charge in [-0.1, -0.05) is 18.2 Å². The highest BCUT2D eigenvalue weighted by molar-refractivity contribution is 5.78. The molecule has 0 amide bonds. The van der Waals surface area contributed by atoms with Crippen LogP contribution >= 0.6 is 0 Å². The molecule has 0 aliphatic carbocycles. The van der Waals surface area contributed by atoms with Crippen molar-refractivity contribution in [3.8, 4) is 11.5 Å². The first-order valence-electron chi connectivity index (χ1n) is 9.94. The van der Waals surface area contributed by atoms with Gasteiger partial charge in [0.25, 0.3) is 0 Å². The van der Waals surface area contributed by atoms with Crippen molar-refractivity contribution in [1.29, 1.82) is 0 Å². The Labute approximate surface area is 183 Å². The fourth-order valence-corrected chi connectivity index (χ4v) is 3.13. The van der Waals surface area contributed by atoms with Crippen molar-refractivity contribution in [3.63, 3.8) is 0 Å². The Morgan fingerprint density at radius 3 is 2.62 bits per heavy atom. The molecule has 1 aliphatic heterocycles. The fraction of sp³-hybridized carbons (Fsp3) is 0.125. The first-order valence-corrected chi connectivity index (χ1v) is 9.94. The maximum absolute atomic E-state index is 13.4. The van der Waals surface area contributed by atoms with Crippen LogP contribution in [-0.4, -0.2) is 24.7 Å². The smallest absolute Gasteiger partial charge is 0.163 e. The van der Waals surface area contributed by atoms with E-state index in [1.807, 2.05) is 18.2 Å². The lowest BCUT2D eigenvalue weighted by Crippen LogP contribution is -2.15. The molecule has 3 N–H and O–H groups in total. The third-order valence-corrected chi connectivity index (χ3v) is 4.71. The van der Waals surface area contributed by atoms with Crippen LogP contribution in [0.1, 0.15) is 11.1 Å². The van der Waals surface area contributed by atoms with Crippen molar-refractivity contribution in [1.82, 2.24) is 0 Å². The van der Waals surface area contributed by atoms with Gasteiger partial charge >= 0.3 is 0 Å². The molecule has 8 heteroatoms. The molecule has 6 nitrogen and oxygen atoms in total. The van der Waals surface area contributed by atoms with Gasteiger partial charge in [0.15, 0.2) is 23.1 Å². The van der Waals surface area contributed by atoms with Gasteiger partial charge < -0.3 is 25.2 Å². The second kappa shape index (κ2) is 9.82. The van der Waals surface area contributed by atoms with Gasteiger partial charge in [-0.05, 0) is 42.0 Å². The van der Waals surface area contributed by atoms with E-state index < -0.39 is 11.6 Å². The van der Waals surface area contributed by atoms with Crippen molar-refractivity contribution in [2.45, 2.75) is 6.54 Å². The van der Waals surface area contributed by atoms with E-state index in [2.05, 4.69) is 15.6 Å². The number of fused-ring (bicyclic) bond motifs is 1. The molecule has 0 radical (unpaired) electrons. The number of aliphatic imine (C=N–C) groups is 1. The van der Waals surface area contributed by atoms with Gasteiger partial charge in [-0.3, -0.25) is 0 Å². The Balaban J connectivity index is 1.40. The molecule has 0 fully saturated rings. The average molecular weight is 437 g/mol. The van der Waals surface area contributed by atoms with Gasteiger partial charge in [-0.15, -0.1) is 0 Å². The molecule has 3 aromatic rings. The standard InChI is InChI=1S/C24H21F2N3O3/c25-19-7-5-16(11-20(19)26)13-28-21-4-2-1-3-18(21)22(30)14-27-15-29-17-6-8-23-24(12-17)32-10-9-31-23/h1-8,11-12,14-15,28,30H,9-10,13H2,(H,27,29)/b22-14-. The summed E-state index contributed by atoms with van der Waals surface area (Å²) in [5, 5.41) is 16.6. The number of rotatable bonds is 7. The van der Waals surface area contributed by atoms with Gasteiger partial charge in [0.2, 0.25) is 0 Å². The lowest BCUT2D eigenvalue weighted by Gasteiger charge is -2.18. The Kier molecular flexibility index (Phi) is 6.50. The number of nitrogens with one attached hydrogen (secondary N) is 2. The largest absolute Gasteiger partial charge is 0.506 e. The number of hydrogen-bond acceptors (Lipinski definition) is 5. The van der Waals surface area contributed by atoms with Gasteiger partial charge in [0.1, 0.15) is 19.0 Å². The highest BCUT2D eigenvalue weighted by atomic mass is 19.2. The number of ether oxygens (including phenoxy) is 2. The highest BCUT2D eigenvalue weighted by Gasteiger charge is 2.11. The molecule has 0 atom stereocenters. The normalized spacial score (nSPS) is 13.2. The van der Waals surface area contributed by atoms with Crippen LogP contribution in [0.5, 0.6) is 11.5 Å². The predicted octanol–water partition coefficient (Wildman–Crippen LogP) is 5.34. The summed E-state index contributed by atoms with van der Waals surface area (Å²) in [4.78, 5) is 4.10. The van der Waals surface area contributed by atoms with Gasteiger partial charge in [-0.25, -0.2) is 13.8 Å². The number of benzene rings is 3. The summed E-state index contributed by atoms with van der Waals surface area (Å²) in [6, 6.07) is 16.2. The van der Waals surface area contributed by atoms with Crippen LogP contribution in [0.3, 0.4) is 0 Å². The zero-order chi connectivity index (χ0) is 22.3. The van der Waals surface area contributed by atoms with Crippen LogP contribution in [0.2, 0.25) is 0 Å². The first-order chi connectivity index (χ1) is 15.6. The topological polar surface area (TPSA) is 75.1 Å². The van der Waals surface area contributed by atoms with Crippen molar-refractivity contribution < 1.29 is 23.4 Å². The number of aliphatic hydroxyl groups excluding tert-OH is 1. The third kappa shape index (κ3) is 5.15. The van der Waals surface area contributed by atoms with Crippen LogP contribution in [0.25, 0.3) is 5.76 Å². The number of para-hydroxylation sites is 1. The zero-order valence-corrected chi connectivity index (χ0v) is 17.0. The van der Waals surface area contributed by atoms with Crippen LogP contribution in [0, 0.1) is 11.6 Å². The van der Waals surface area contributed by atoms with Crippen LogP contribution in [0.15, 0.2) is 71.9 Å². The molecule has 0 spiro atoms. The van der Waals surface area contributed by atoms with E-state index in [0.717, 1.165) is 17.8 Å². The molecule has 0 aromatic heterocycles. The van der Waals surface area contributed by atoms with Gasteiger partial charge in [0.05, 0.1) is 12.5 Å². The minimum absolute atomic E-state index is 0.0568. The summed E-state index contributed by atoms with van der Waals surface area (Å²) in [5.74, 6) is -0.492. The van der Waals surface area contributed by atoms with E-state index in [4.69, 9.17) is 9.47 Å². The minimum atomic E-state index is -0.903. The lowest BCUT2D eigenvalue weighted by atomic mass is 10.1. The van der Waals surface area contributed by atoms with Crippen LogP contribution in [0.4, 0.5) is 20.2 Å². The molecular formula is C24H21F2N3O3. The molecule has 0 saturated heterocycles. The zero-order valence-electron chi connectivity index (χ0n) is 17.0. The number of anilines is 2. The summed E-state index contributed by atoms with van der Waals surface area (Å²) in [6.45, 7) is 1.30. The Bertz CT molecular complexity index is 1160. The third-order valence-electron chi connectivity index (χ3n) is 4.71. The number of hydrogen-bond donors (Lipinski definition) is 3. The molecule has 164 valence electrons. The van der Waals surface area contributed by atoms with E-state index >= 15 is 0 Å². The fourth-order valence-electron chi connectivity index (χ4n) is 3.13. The molecule has 3 aromatic carbocycles. The summed E-state index contributed by atoms with van der Waals surface area (Å²) in [5.41, 5.74) is 2.48. The van der Waals surface area contributed by atoms with Crippen molar-refractivity contribution in [2.75, 3.05) is 23.8 Å². The molecular weight excluding hydrogens is 416 g/mol. The lowest BCUT2D eigenvalue weighted by molar-refractivity contribution is 0.171. The number of nitrogens with zero attached hydrogens (tertiary/aromatic N) is 1. The molecule has 32 heavy (non-hydrogen) atoms. The molecule has 0 unspecified atom stereocenters. The summed E-state index contributed by atoms with van der Waals surface area (Å²) in [7, 11) is 0. The quantitative estimate of drug-likeness (QED) is 0.264. The average Bonchev–Trinajstić information content (AvgIpc) is 2.82. The molecule has 1 aliphatic rings. The van der Waals surface area contributed by atoms with E-state index in [9.17, 15) is 13.9 Å². The Morgan fingerprint density at radius 1 is 0.969 bits per heavy atom. The maximum Gasteiger partial charge on any atom is 0.163 e. The number of aliphatic hydroxyl groups is 1. The van der Waals surface area contributed by atoms with E-state index in [-0.39, 0.29) is 12.3 Å². The van der Waals surface area contributed by atoms with Crippen molar-refractivity contribution >= 4 is 23.5 Å². The van der Waals surface area contributed by atoms with Crippen molar-refractivity contribution in [2.24, 2.45) is 4.99 Å². The highest BCUT2D eigenvalue weighted by Crippen LogP contribution is 2.32. The van der Waals surface area contributed by atoms with Crippen molar-refractivity contribution in [3.05, 3.63) is 89.6 Å².